The summed E-state index contributed by atoms with van der Waals surface area (Å²) in [5.74, 6) is -0.983. The maximum absolute atomic E-state index is 10.8. The van der Waals surface area contributed by atoms with Crippen LogP contribution < -0.4 is 4.90 Å². The molecule has 17 heavy (non-hydrogen) atoms. The van der Waals surface area contributed by atoms with Gasteiger partial charge in [-0.05, 0) is 13.0 Å². The minimum absolute atomic E-state index is 0.274. The van der Waals surface area contributed by atoms with Crippen LogP contribution in [0.1, 0.15) is 19.5 Å². The van der Waals surface area contributed by atoms with Crippen molar-refractivity contribution in [3.05, 3.63) is 18.0 Å². The molecule has 6 heteroatoms. The van der Waals surface area contributed by atoms with E-state index in [1.165, 1.54) is 12.3 Å². The Morgan fingerprint density at radius 1 is 1.71 bits per heavy atom. The highest BCUT2D eigenvalue weighted by atomic mass is 16.4. The molecular formula is C11H14N4O2. The van der Waals surface area contributed by atoms with Crippen LogP contribution in [0.15, 0.2) is 12.3 Å². The van der Waals surface area contributed by atoms with Gasteiger partial charge in [0.05, 0.1) is 5.92 Å². The number of hydrogen-bond acceptors (Lipinski definition) is 5. The first-order valence-electron chi connectivity index (χ1n) is 5.29. The largest absolute Gasteiger partial charge is 0.481 e. The molecule has 0 aliphatic carbocycles. The van der Waals surface area contributed by atoms with Crippen LogP contribution in [0.5, 0.6) is 0 Å². The molecule has 1 aromatic rings. The summed E-state index contributed by atoms with van der Waals surface area (Å²) in [4.78, 5) is 20.6. The van der Waals surface area contributed by atoms with Crippen LogP contribution in [0.4, 0.5) is 5.95 Å². The summed E-state index contributed by atoms with van der Waals surface area (Å²) in [6.07, 6.45) is 1.50. The summed E-state index contributed by atoms with van der Waals surface area (Å²) in [5.41, 5.74) is 0.274. The predicted molar refractivity (Wildman–Crippen MR) is 61.4 cm³/mol. The Morgan fingerprint density at radius 2 is 2.41 bits per heavy atom. The third-order valence-electron chi connectivity index (χ3n) is 2.34. The van der Waals surface area contributed by atoms with Gasteiger partial charge in [0.2, 0.25) is 5.95 Å². The molecule has 0 radical (unpaired) electrons. The standard InChI is InChI=1S/C11H14N4O2/c1-3-15(7-8(2)10(16)17)11-13-5-4-9(6-12)14-11/h4-5,8H,3,7H2,1-2H3,(H,16,17). The maximum Gasteiger partial charge on any atom is 0.308 e. The van der Waals surface area contributed by atoms with Gasteiger partial charge in [0.25, 0.3) is 0 Å². The molecule has 0 fully saturated rings. The second-order valence-electron chi connectivity index (χ2n) is 3.63. The number of carbonyl (C=O) groups is 1. The van der Waals surface area contributed by atoms with Gasteiger partial charge in [-0.15, -0.1) is 0 Å². The van der Waals surface area contributed by atoms with E-state index in [-0.39, 0.29) is 5.69 Å². The van der Waals surface area contributed by atoms with Gasteiger partial charge in [-0.25, -0.2) is 9.97 Å². The number of aliphatic carboxylic acids is 1. The Hall–Kier alpha value is -2.16. The molecule has 0 aliphatic heterocycles. The Morgan fingerprint density at radius 3 is 2.94 bits per heavy atom. The highest BCUT2D eigenvalue weighted by Crippen LogP contribution is 2.10. The van der Waals surface area contributed by atoms with E-state index in [0.29, 0.717) is 19.0 Å². The van der Waals surface area contributed by atoms with E-state index in [1.54, 1.807) is 11.8 Å². The van der Waals surface area contributed by atoms with Crippen LogP contribution in [0.3, 0.4) is 0 Å². The quantitative estimate of drug-likeness (QED) is 0.813. The van der Waals surface area contributed by atoms with Crippen LogP contribution in [0.25, 0.3) is 0 Å². The van der Waals surface area contributed by atoms with Gasteiger partial charge in [0, 0.05) is 19.3 Å². The molecule has 0 aliphatic rings. The monoisotopic (exact) mass is 234 g/mol. The zero-order chi connectivity index (χ0) is 12.8. The highest BCUT2D eigenvalue weighted by Gasteiger charge is 2.17. The van der Waals surface area contributed by atoms with Crippen LogP contribution in [-0.4, -0.2) is 34.1 Å². The summed E-state index contributed by atoms with van der Waals surface area (Å²) in [5, 5.41) is 17.6. The van der Waals surface area contributed by atoms with Gasteiger partial charge in [0.1, 0.15) is 11.8 Å². The van der Waals surface area contributed by atoms with E-state index in [1.807, 2.05) is 13.0 Å². The fourth-order valence-corrected chi connectivity index (χ4v) is 1.32. The van der Waals surface area contributed by atoms with Gasteiger partial charge in [-0.1, -0.05) is 6.92 Å². The number of carboxylic acids is 1. The number of carboxylic acid groups (broad SMARTS) is 1. The first-order chi connectivity index (χ1) is 8.08. The zero-order valence-corrected chi connectivity index (χ0v) is 9.79. The number of nitrogens with zero attached hydrogens (tertiary/aromatic N) is 4. The average Bonchev–Trinajstić information content (AvgIpc) is 2.35. The lowest BCUT2D eigenvalue weighted by Gasteiger charge is -2.22. The Labute approximate surface area is 99.5 Å². The van der Waals surface area contributed by atoms with Crippen LogP contribution in [0, 0.1) is 17.2 Å². The lowest BCUT2D eigenvalue weighted by molar-refractivity contribution is -0.140. The van der Waals surface area contributed by atoms with Crippen molar-refractivity contribution in [2.75, 3.05) is 18.0 Å². The average molecular weight is 234 g/mol. The third kappa shape index (κ3) is 3.41. The zero-order valence-electron chi connectivity index (χ0n) is 9.79. The lowest BCUT2D eigenvalue weighted by Crippen LogP contribution is -2.33. The fraction of sp³-hybridized carbons (Fsp3) is 0.455. The fourth-order valence-electron chi connectivity index (χ4n) is 1.32. The minimum Gasteiger partial charge on any atom is -0.481 e. The number of aromatic nitrogens is 2. The number of nitriles is 1. The Balaban J connectivity index is 2.86. The van der Waals surface area contributed by atoms with E-state index < -0.39 is 11.9 Å². The molecule has 90 valence electrons. The molecule has 1 N–H and O–H groups in total. The smallest absolute Gasteiger partial charge is 0.308 e. The highest BCUT2D eigenvalue weighted by molar-refractivity contribution is 5.70. The van der Waals surface area contributed by atoms with Crippen LogP contribution in [-0.2, 0) is 4.79 Å². The molecule has 1 unspecified atom stereocenters. The van der Waals surface area contributed by atoms with Crippen molar-refractivity contribution >= 4 is 11.9 Å². The van der Waals surface area contributed by atoms with Gasteiger partial charge in [-0.3, -0.25) is 4.79 Å². The van der Waals surface area contributed by atoms with Crippen molar-refractivity contribution in [3.63, 3.8) is 0 Å². The molecule has 1 rings (SSSR count). The number of anilines is 1. The van der Waals surface area contributed by atoms with Crippen molar-refractivity contribution in [3.8, 4) is 6.07 Å². The molecule has 0 amide bonds. The predicted octanol–water partition coefficient (Wildman–Crippen LogP) is 0.895. The summed E-state index contributed by atoms with van der Waals surface area (Å²) in [7, 11) is 0. The van der Waals surface area contributed by atoms with E-state index in [2.05, 4.69) is 9.97 Å². The molecule has 1 aromatic heterocycles. The van der Waals surface area contributed by atoms with Crippen molar-refractivity contribution in [2.24, 2.45) is 5.92 Å². The van der Waals surface area contributed by atoms with Crippen molar-refractivity contribution < 1.29 is 9.90 Å². The van der Waals surface area contributed by atoms with Gasteiger partial charge < -0.3 is 10.0 Å². The van der Waals surface area contributed by atoms with Crippen LogP contribution in [0.2, 0.25) is 0 Å². The molecule has 0 aromatic carbocycles. The molecule has 0 saturated heterocycles. The molecule has 1 heterocycles. The van der Waals surface area contributed by atoms with Crippen molar-refractivity contribution in [1.82, 2.24) is 9.97 Å². The first-order valence-corrected chi connectivity index (χ1v) is 5.29. The molecule has 1 atom stereocenters. The van der Waals surface area contributed by atoms with Crippen LogP contribution >= 0.6 is 0 Å². The van der Waals surface area contributed by atoms with Gasteiger partial charge in [0.15, 0.2) is 0 Å². The second-order valence-corrected chi connectivity index (χ2v) is 3.63. The summed E-state index contributed by atoms with van der Waals surface area (Å²) < 4.78 is 0. The summed E-state index contributed by atoms with van der Waals surface area (Å²) >= 11 is 0. The van der Waals surface area contributed by atoms with Crippen molar-refractivity contribution in [2.45, 2.75) is 13.8 Å². The second kappa shape index (κ2) is 5.80. The SMILES string of the molecule is CCN(CC(C)C(=O)O)c1nccc(C#N)n1. The lowest BCUT2D eigenvalue weighted by atomic mass is 10.2. The summed E-state index contributed by atoms with van der Waals surface area (Å²) in [6.45, 7) is 4.42. The first kappa shape index (κ1) is 12.9. The summed E-state index contributed by atoms with van der Waals surface area (Å²) in [6, 6.07) is 3.44. The Bertz CT molecular complexity index is 441. The third-order valence-corrected chi connectivity index (χ3v) is 2.34. The molecule has 0 bridgehead atoms. The van der Waals surface area contributed by atoms with E-state index in [4.69, 9.17) is 10.4 Å². The number of rotatable bonds is 5. The molecule has 6 nitrogen and oxygen atoms in total. The van der Waals surface area contributed by atoms with E-state index in [0.717, 1.165) is 0 Å². The molecule has 0 spiro atoms. The van der Waals surface area contributed by atoms with Gasteiger partial charge in [-0.2, -0.15) is 5.26 Å². The van der Waals surface area contributed by atoms with Gasteiger partial charge >= 0.3 is 5.97 Å². The molecular weight excluding hydrogens is 220 g/mol. The molecule has 0 saturated carbocycles. The topological polar surface area (TPSA) is 90.1 Å². The maximum atomic E-state index is 10.8. The van der Waals surface area contributed by atoms with E-state index in [9.17, 15) is 4.79 Å². The normalized spacial score (nSPS) is 11.6. The van der Waals surface area contributed by atoms with E-state index >= 15 is 0 Å². The Kier molecular flexibility index (Phi) is 4.40. The number of hydrogen-bond donors (Lipinski definition) is 1. The van der Waals surface area contributed by atoms with Crippen molar-refractivity contribution in [1.29, 1.82) is 5.26 Å². The minimum atomic E-state index is -0.861.